The number of anilines is 1. The second kappa shape index (κ2) is 12.2. The Labute approximate surface area is 301 Å². The van der Waals surface area contributed by atoms with Crippen LogP contribution in [0.1, 0.15) is 42.0 Å². The molecule has 3 aliphatic carbocycles. The van der Waals surface area contributed by atoms with E-state index in [2.05, 4.69) is 13.0 Å². The third-order valence-corrected chi connectivity index (χ3v) is 12.1. The molecule has 9 rings (SSSR count). The van der Waals surface area contributed by atoms with Gasteiger partial charge in [0.1, 0.15) is 11.5 Å². The van der Waals surface area contributed by atoms with Gasteiger partial charge in [-0.3, -0.25) is 24.1 Å². The van der Waals surface area contributed by atoms with E-state index in [4.69, 9.17) is 4.74 Å². The van der Waals surface area contributed by atoms with E-state index in [0.29, 0.717) is 35.4 Å². The maximum absolute atomic E-state index is 15.2. The third kappa shape index (κ3) is 4.64. The van der Waals surface area contributed by atoms with Crippen molar-refractivity contribution in [3.8, 4) is 11.5 Å². The number of ether oxygens (including phenoxy) is 1. The number of ketones is 2. The van der Waals surface area contributed by atoms with Crippen LogP contribution in [0, 0.1) is 29.6 Å². The molecule has 52 heavy (non-hydrogen) atoms. The highest BCUT2D eigenvalue weighted by atomic mass is 16.5. The zero-order chi connectivity index (χ0) is 35.7. The van der Waals surface area contributed by atoms with Crippen LogP contribution in [-0.2, 0) is 37.4 Å². The molecule has 0 aromatic heterocycles. The average molecular weight is 688 g/mol. The van der Waals surface area contributed by atoms with Crippen LogP contribution in [0.5, 0.6) is 11.5 Å². The van der Waals surface area contributed by atoms with Crippen LogP contribution in [0.15, 0.2) is 133 Å². The van der Waals surface area contributed by atoms with Gasteiger partial charge in [0, 0.05) is 29.4 Å². The Morgan fingerprint density at radius 1 is 0.846 bits per heavy atom. The van der Waals surface area contributed by atoms with Gasteiger partial charge in [0.05, 0.1) is 29.2 Å². The molecule has 0 bridgehead atoms. The highest BCUT2D eigenvalue weighted by molar-refractivity contribution is 6.31. The van der Waals surface area contributed by atoms with Gasteiger partial charge in [-0.1, -0.05) is 91.4 Å². The van der Waals surface area contributed by atoms with Crippen LogP contribution in [0.25, 0.3) is 5.57 Å². The third-order valence-electron chi connectivity index (χ3n) is 12.1. The normalized spacial score (nSPS) is 27.8. The van der Waals surface area contributed by atoms with Crippen molar-refractivity contribution in [2.75, 3.05) is 4.90 Å². The summed E-state index contributed by atoms with van der Waals surface area (Å²) in [7, 11) is 0. The first-order chi connectivity index (χ1) is 25.3. The summed E-state index contributed by atoms with van der Waals surface area (Å²) in [5.74, 6) is -3.35. The summed E-state index contributed by atoms with van der Waals surface area (Å²) in [6, 6.07) is 31.3. The number of imide groups is 1. The van der Waals surface area contributed by atoms with E-state index in [0.717, 1.165) is 34.3 Å². The predicted molar refractivity (Wildman–Crippen MR) is 196 cm³/mol. The minimum Gasteiger partial charge on any atom is -0.508 e. The topological polar surface area (TPSA) is 101 Å². The number of fused-ring (bicyclic) bond motifs is 5. The smallest absolute Gasteiger partial charge is 0.238 e. The molecule has 4 aromatic carbocycles. The largest absolute Gasteiger partial charge is 0.508 e. The summed E-state index contributed by atoms with van der Waals surface area (Å²) in [5, 5.41) is 10.4. The number of rotatable bonds is 5. The highest BCUT2D eigenvalue weighted by Gasteiger charge is 2.66. The molecular formula is C45H37NO6. The molecular weight excluding hydrogens is 650 g/mol. The van der Waals surface area contributed by atoms with Crippen LogP contribution in [0.4, 0.5) is 5.69 Å². The van der Waals surface area contributed by atoms with E-state index in [9.17, 15) is 14.7 Å². The number of phenolic OH excluding ortho intramolecular Hbond substituents is 1. The van der Waals surface area contributed by atoms with Crippen molar-refractivity contribution < 1.29 is 29.0 Å². The lowest BCUT2D eigenvalue weighted by Gasteiger charge is -2.56. The fourth-order valence-corrected chi connectivity index (χ4v) is 9.83. The van der Waals surface area contributed by atoms with E-state index < -0.39 is 35.0 Å². The van der Waals surface area contributed by atoms with Gasteiger partial charge in [-0.15, -0.1) is 0 Å². The average Bonchev–Trinajstić information content (AvgIpc) is 3.44. The number of allylic oxidation sites excluding steroid dienone is 5. The highest BCUT2D eigenvalue weighted by Crippen LogP contribution is 2.63. The van der Waals surface area contributed by atoms with Crippen LogP contribution in [-0.4, -0.2) is 28.5 Å². The number of carbonyl (C=O) groups is 4. The molecule has 1 N–H and O–H groups in total. The molecule has 6 atom stereocenters. The molecule has 0 spiro atoms. The van der Waals surface area contributed by atoms with Gasteiger partial charge in [-0.05, 0) is 83.9 Å². The molecule has 2 heterocycles. The lowest BCUT2D eigenvalue weighted by Crippen LogP contribution is -2.60. The minimum absolute atomic E-state index is 0.0991. The van der Waals surface area contributed by atoms with E-state index in [1.54, 1.807) is 24.5 Å². The van der Waals surface area contributed by atoms with Crippen molar-refractivity contribution in [1.82, 2.24) is 0 Å². The van der Waals surface area contributed by atoms with Crippen LogP contribution in [0.3, 0.4) is 0 Å². The summed E-state index contributed by atoms with van der Waals surface area (Å²) < 4.78 is 6.21. The summed E-state index contributed by atoms with van der Waals surface area (Å²) in [5.41, 5.74) is 4.50. The molecule has 7 heteroatoms. The zero-order valence-corrected chi connectivity index (χ0v) is 28.7. The van der Waals surface area contributed by atoms with Gasteiger partial charge < -0.3 is 9.84 Å². The predicted octanol–water partition coefficient (Wildman–Crippen LogP) is 7.34. The van der Waals surface area contributed by atoms with E-state index >= 15 is 9.59 Å². The minimum atomic E-state index is -1.34. The van der Waals surface area contributed by atoms with E-state index in [1.807, 2.05) is 84.9 Å². The van der Waals surface area contributed by atoms with Crippen molar-refractivity contribution in [2.24, 2.45) is 29.6 Å². The molecule has 1 saturated heterocycles. The first-order valence-electron chi connectivity index (χ1n) is 18.1. The Balaban J connectivity index is 1.24. The zero-order valence-electron chi connectivity index (χ0n) is 28.7. The first kappa shape index (κ1) is 32.1. The van der Waals surface area contributed by atoms with Crippen molar-refractivity contribution in [3.05, 3.63) is 155 Å². The number of phenols is 1. The Bertz CT molecular complexity index is 2250. The molecule has 2 fully saturated rings. The first-order valence-corrected chi connectivity index (χ1v) is 18.1. The second-order valence-corrected chi connectivity index (χ2v) is 14.6. The number of aryl methyl sites for hydroxylation is 1. The van der Waals surface area contributed by atoms with Gasteiger partial charge >= 0.3 is 0 Å². The summed E-state index contributed by atoms with van der Waals surface area (Å²) in [6.07, 6.45) is 7.07. The standard InChI is InChI=1S/C45H37NO6/c1-2-26-13-15-31(16-14-26)46-43(50)34-19-18-33-36(40(34)44(46)51)23-37-42(49)35(27-9-5-3-6-10-27)24-39(48)45(37,30-11-7-4-8-12-30)41(33)29-21-28-22-32(47)17-20-38(28)52-25-29/h3-18,20,22,24-25,34,36-37,40-41,47H,2,19,21,23H2,1H3. The number of amides is 2. The number of benzene rings is 4. The maximum atomic E-state index is 15.2. The van der Waals surface area contributed by atoms with Gasteiger partial charge in [0.15, 0.2) is 11.6 Å². The number of nitrogens with zero attached hydrogens (tertiary/aromatic N) is 1. The van der Waals surface area contributed by atoms with Crippen molar-refractivity contribution in [1.29, 1.82) is 0 Å². The molecule has 6 unspecified atom stereocenters. The quantitative estimate of drug-likeness (QED) is 0.174. The fraction of sp³-hybridized carbons (Fsp3) is 0.244. The maximum Gasteiger partial charge on any atom is 0.238 e. The molecule has 1 saturated carbocycles. The monoisotopic (exact) mass is 687 g/mol. The Morgan fingerprint density at radius 3 is 2.31 bits per heavy atom. The second-order valence-electron chi connectivity index (χ2n) is 14.6. The Hall–Kier alpha value is -5.82. The SMILES string of the molecule is CCc1ccc(N2C(=O)C3CC=C4C(CC5C(=O)C(c6ccccc6)=CC(=O)C5(c5ccccc5)C4C4=COc5ccc(O)cc5C4)C3C2=O)cc1. The van der Waals surface area contributed by atoms with E-state index in [-0.39, 0.29) is 35.6 Å². The van der Waals surface area contributed by atoms with Gasteiger partial charge in [0.25, 0.3) is 0 Å². The summed E-state index contributed by atoms with van der Waals surface area (Å²) in [6.45, 7) is 2.06. The molecule has 7 nitrogen and oxygen atoms in total. The van der Waals surface area contributed by atoms with Crippen molar-refractivity contribution in [3.63, 3.8) is 0 Å². The van der Waals surface area contributed by atoms with Gasteiger partial charge in [-0.2, -0.15) is 0 Å². The number of aromatic hydroxyl groups is 1. The Kier molecular flexibility index (Phi) is 7.51. The molecule has 258 valence electrons. The van der Waals surface area contributed by atoms with Crippen molar-refractivity contribution >= 4 is 34.6 Å². The lowest BCUT2D eigenvalue weighted by molar-refractivity contribution is -0.136. The summed E-state index contributed by atoms with van der Waals surface area (Å²) >= 11 is 0. The Morgan fingerprint density at radius 2 is 1.58 bits per heavy atom. The van der Waals surface area contributed by atoms with Crippen LogP contribution < -0.4 is 9.64 Å². The fourth-order valence-electron chi connectivity index (χ4n) is 9.83. The summed E-state index contributed by atoms with van der Waals surface area (Å²) in [4.78, 5) is 60.5. The molecule has 4 aromatic rings. The van der Waals surface area contributed by atoms with Gasteiger partial charge in [0.2, 0.25) is 11.8 Å². The van der Waals surface area contributed by atoms with Crippen LogP contribution >= 0.6 is 0 Å². The lowest BCUT2D eigenvalue weighted by atomic mass is 9.44. The molecule has 0 radical (unpaired) electrons. The molecule has 5 aliphatic rings. The molecule has 2 amide bonds. The number of Topliss-reactive ketones (excluding diaryl/α,β-unsaturated/α-hetero) is 1. The number of hydrogen-bond acceptors (Lipinski definition) is 6. The van der Waals surface area contributed by atoms with Crippen LogP contribution in [0.2, 0.25) is 0 Å². The van der Waals surface area contributed by atoms with Gasteiger partial charge in [-0.25, -0.2) is 0 Å². The van der Waals surface area contributed by atoms with E-state index in [1.165, 1.54) is 11.0 Å². The molecule has 2 aliphatic heterocycles. The number of carbonyl (C=O) groups excluding carboxylic acids is 4. The number of hydrogen-bond donors (Lipinski definition) is 1. The van der Waals surface area contributed by atoms with Crippen molar-refractivity contribution in [2.45, 2.75) is 38.0 Å².